The molecule has 4 nitrogen and oxygen atoms in total. The van der Waals surface area contributed by atoms with E-state index in [9.17, 15) is 5.11 Å². The number of nitrogens with two attached hydrogens (primary N) is 1. The van der Waals surface area contributed by atoms with Crippen LogP contribution in [-0.2, 0) is 0 Å². The zero-order valence-electron chi connectivity index (χ0n) is 25.9. The van der Waals surface area contributed by atoms with E-state index in [4.69, 9.17) is 5.73 Å². The first-order chi connectivity index (χ1) is 18.2. The van der Waals surface area contributed by atoms with E-state index in [-0.39, 0.29) is 6.10 Å². The molecule has 0 heterocycles. The first-order valence-corrected chi connectivity index (χ1v) is 17.0. The van der Waals surface area contributed by atoms with Gasteiger partial charge in [0.2, 0.25) is 0 Å². The third-order valence-corrected chi connectivity index (χ3v) is 12.7. The predicted molar refractivity (Wildman–Crippen MR) is 162 cm³/mol. The highest BCUT2D eigenvalue weighted by atomic mass is 16.3. The summed E-state index contributed by atoms with van der Waals surface area (Å²) in [5.41, 5.74) is 6.49. The largest absolute Gasteiger partial charge is 0.393 e. The maximum absolute atomic E-state index is 11.7. The van der Waals surface area contributed by atoms with Crippen LogP contribution in [0.2, 0.25) is 0 Å². The van der Waals surface area contributed by atoms with Crippen molar-refractivity contribution >= 4 is 0 Å². The van der Waals surface area contributed by atoms with Gasteiger partial charge in [-0.05, 0) is 155 Å². The summed E-state index contributed by atoms with van der Waals surface area (Å²) in [5, 5.41) is 19.0. The molecule has 0 aliphatic heterocycles. The quantitative estimate of drug-likeness (QED) is 0.190. The van der Waals surface area contributed by atoms with E-state index in [0.717, 1.165) is 81.1 Å². The Labute approximate surface area is 236 Å². The molecule has 222 valence electrons. The molecule has 4 fully saturated rings. The van der Waals surface area contributed by atoms with Crippen molar-refractivity contribution in [3.63, 3.8) is 0 Å². The summed E-state index contributed by atoms with van der Waals surface area (Å²) < 4.78 is 0. The van der Waals surface area contributed by atoms with Gasteiger partial charge in [-0.15, -0.1) is 0 Å². The van der Waals surface area contributed by atoms with Gasteiger partial charge in [-0.3, -0.25) is 0 Å². The Balaban J connectivity index is 1.30. The minimum absolute atomic E-state index is 0.0657. The van der Waals surface area contributed by atoms with E-state index in [0.29, 0.717) is 22.7 Å². The van der Waals surface area contributed by atoms with Crippen LogP contribution in [0.3, 0.4) is 0 Å². The summed E-state index contributed by atoms with van der Waals surface area (Å²) in [6.07, 6.45) is 17.1. The summed E-state index contributed by atoms with van der Waals surface area (Å²) in [6.45, 7) is 17.8. The molecular weight excluding hydrogens is 466 g/mol. The molecule has 0 aromatic rings. The standard InChI is InChI=1S/C34H65N3O/c1-24(2)9-6-10-25(3)28-11-12-29-32-30(14-16-34(28,29)5)33(4)15-13-26(21-27(33)22-31(32)38)23-37-20-8-19-36-18-7-17-35/h24-32,36-38H,6-23,35H2,1-5H3/t25-,26+,27-,28-,29?,30?,31+,32?,33+,34-/m1/s1. The fourth-order valence-corrected chi connectivity index (χ4v) is 10.5. The van der Waals surface area contributed by atoms with Gasteiger partial charge in [0.05, 0.1) is 6.10 Å². The average molecular weight is 532 g/mol. The van der Waals surface area contributed by atoms with Gasteiger partial charge in [0.25, 0.3) is 0 Å². The van der Waals surface area contributed by atoms with E-state index in [1.807, 2.05) is 0 Å². The Morgan fingerprint density at radius 1 is 0.816 bits per heavy atom. The number of hydrogen-bond donors (Lipinski definition) is 4. The van der Waals surface area contributed by atoms with Gasteiger partial charge in [0.15, 0.2) is 0 Å². The first-order valence-electron chi connectivity index (χ1n) is 17.0. The topological polar surface area (TPSA) is 70.3 Å². The zero-order chi connectivity index (χ0) is 27.3. The lowest BCUT2D eigenvalue weighted by Crippen LogP contribution is -2.58. The van der Waals surface area contributed by atoms with Crippen molar-refractivity contribution in [2.75, 3.05) is 32.7 Å². The minimum atomic E-state index is -0.0657. The molecule has 4 saturated carbocycles. The van der Waals surface area contributed by atoms with E-state index in [2.05, 4.69) is 45.3 Å². The van der Waals surface area contributed by atoms with Crippen LogP contribution in [0, 0.1) is 58.2 Å². The maximum atomic E-state index is 11.7. The molecule has 4 aliphatic carbocycles. The SMILES string of the molecule is CC(C)CCC[C@@H](C)[C@H]1CCC2C3C(CC[C@@]21C)[C@@]1(C)CC[C@H](CNCCCNCCCN)C[C@@H]1C[C@@H]3O. The van der Waals surface area contributed by atoms with Crippen molar-refractivity contribution < 1.29 is 5.11 Å². The number of nitrogens with one attached hydrogen (secondary N) is 2. The van der Waals surface area contributed by atoms with E-state index >= 15 is 0 Å². The van der Waals surface area contributed by atoms with Crippen LogP contribution < -0.4 is 16.4 Å². The average Bonchev–Trinajstić information content (AvgIpc) is 3.23. The molecule has 4 rings (SSSR count). The summed E-state index contributed by atoms with van der Waals surface area (Å²) >= 11 is 0. The van der Waals surface area contributed by atoms with Gasteiger partial charge in [0, 0.05) is 0 Å². The molecular formula is C34H65N3O. The number of hydrogen-bond acceptors (Lipinski definition) is 4. The van der Waals surface area contributed by atoms with Crippen molar-refractivity contribution in [1.82, 2.24) is 10.6 Å². The third-order valence-electron chi connectivity index (χ3n) is 12.7. The number of aliphatic hydroxyl groups excluding tert-OH is 1. The Kier molecular flexibility index (Phi) is 11.1. The molecule has 4 aliphatic rings. The molecule has 10 atom stereocenters. The molecule has 0 bridgehead atoms. The van der Waals surface area contributed by atoms with Crippen LogP contribution in [0.4, 0.5) is 0 Å². The summed E-state index contributed by atoms with van der Waals surface area (Å²) in [4.78, 5) is 0. The lowest BCUT2D eigenvalue weighted by Gasteiger charge is -2.62. The molecule has 0 aromatic carbocycles. The smallest absolute Gasteiger partial charge is 0.0577 e. The number of fused-ring (bicyclic) bond motifs is 5. The lowest BCUT2D eigenvalue weighted by atomic mass is 9.43. The van der Waals surface area contributed by atoms with Gasteiger partial charge >= 0.3 is 0 Å². The molecule has 5 N–H and O–H groups in total. The van der Waals surface area contributed by atoms with Crippen LogP contribution in [-0.4, -0.2) is 43.9 Å². The second-order valence-corrected chi connectivity index (χ2v) is 15.4. The molecule has 4 heteroatoms. The van der Waals surface area contributed by atoms with Crippen LogP contribution in [0.15, 0.2) is 0 Å². The lowest BCUT2D eigenvalue weighted by molar-refractivity contribution is -0.169. The second-order valence-electron chi connectivity index (χ2n) is 15.4. The molecule has 0 aromatic heterocycles. The van der Waals surface area contributed by atoms with E-state index < -0.39 is 0 Å². The molecule has 0 radical (unpaired) electrons. The highest BCUT2D eigenvalue weighted by molar-refractivity contribution is 5.11. The van der Waals surface area contributed by atoms with Crippen molar-refractivity contribution in [2.24, 2.45) is 63.9 Å². The zero-order valence-corrected chi connectivity index (χ0v) is 25.9. The molecule has 38 heavy (non-hydrogen) atoms. The molecule has 0 spiro atoms. The van der Waals surface area contributed by atoms with Gasteiger partial charge < -0.3 is 21.5 Å². The maximum Gasteiger partial charge on any atom is 0.0577 e. The van der Waals surface area contributed by atoms with E-state index in [1.165, 1.54) is 70.6 Å². The predicted octanol–water partition coefficient (Wildman–Crippen LogP) is 6.61. The first kappa shape index (κ1) is 30.8. The normalized spacial score (nSPS) is 41.5. The Hall–Kier alpha value is -0.160. The van der Waals surface area contributed by atoms with Gasteiger partial charge in [-0.25, -0.2) is 0 Å². The van der Waals surface area contributed by atoms with Gasteiger partial charge in [-0.2, -0.15) is 0 Å². The summed E-state index contributed by atoms with van der Waals surface area (Å²) in [6, 6.07) is 0. The number of rotatable bonds is 14. The summed E-state index contributed by atoms with van der Waals surface area (Å²) in [5.74, 6) is 6.11. The van der Waals surface area contributed by atoms with Crippen molar-refractivity contribution in [2.45, 2.75) is 124 Å². The summed E-state index contributed by atoms with van der Waals surface area (Å²) in [7, 11) is 0. The Bertz CT molecular complexity index is 714. The Morgan fingerprint density at radius 3 is 2.29 bits per heavy atom. The van der Waals surface area contributed by atoms with Crippen molar-refractivity contribution in [3.8, 4) is 0 Å². The fourth-order valence-electron chi connectivity index (χ4n) is 10.5. The van der Waals surface area contributed by atoms with Crippen LogP contribution >= 0.6 is 0 Å². The minimum Gasteiger partial charge on any atom is -0.393 e. The number of aliphatic hydroxyl groups is 1. The van der Waals surface area contributed by atoms with Crippen molar-refractivity contribution in [1.29, 1.82) is 0 Å². The second kappa shape index (κ2) is 13.7. The van der Waals surface area contributed by atoms with Gasteiger partial charge in [-0.1, -0.05) is 53.9 Å². The van der Waals surface area contributed by atoms with Crippen LogP contribution in [0.5, 0.6) is 0 Å². The highest BCUT2D eigenvalue weighted by Gasteiger charge is 2.62. The highest BCUT2D eigenvalue weighted by Crippen LogP contribution is 2.68. The molecule has 0 saturated heterocycles. The Morgan fingerprint density at radius 2 is 1.53 bits per heavy atom. The molecule has 3 unspecified atom stereocenters. The van der Waals surface area contributed by atoms with Gasteiger partial charge in [0.1, 0.15) is 0 Å². The van der Waals surface area contributed by atoms with Crippen molar-refractivity contribution in [3.05, 3.63) is 0 Å². The van der Waals surface area contributed by atoms with Crippen LogP contribution in [0.25, 0.3) is 0 Å². The van der Waals surface area contributed by atoms with E-state index in [1.54, 1.807) is 0 Å². The molecule has 0 amide bonds. The fraction of sp³-hybridized carbons (Fsp3) is 1.00. The third kappa shape index (κ3) is 6.66. The van der Waals surface area contributed by atoms with Crippen LogP contribution in [0.1, 0.15) is 118 Å². The monoisotopic (exact) mass is 532 g/mol.